The predicted octanol–water partition coefficient (Wildman–Crippen LogP) is 0.965. The molecule has 0 aliphatic carbocycles. The molecule has 0 aromatic carbocycles. The maximum Gasteiger partial charge on any atom is 0.248 e. The molecule has 1 aliphatic heterocycles. The molecule has 0 saturated carbocycles. The Morgan fingerprint density at radius 1 is 1.53 bits per heavy atom. The van der Waals surface area contributed by atoms with Crippen molar-refractivity contribution in [3.05, 3.63) is 0 Å². The molecule has 100 valence electrons. The number of amides is 1. The topological polar surface area (TPSA) is 41.6 Å². The van der Waals surface area contributed by atoms with Crippen molar-refractivity contribution in [2.75, 3.05) is 38.8 Å². The highest BCUT2D eigenvalue weighted by Gasteiger charge is 2.18. The monoisotopic (exact) mass is 260 g/mol. The SMILES string of the molecule is CSCC(C)N(C)C(=O)COC1CCNCC1. The Morgan fingerprint density at radius 3 is 2.76 bits per heavy atom. The molecule has 1 aliphatic rings. The summed E-state index contributed by atoms with van der Waals surface area (Å²) in [5.41, 5.74) is 0. The van der Waals surface area contributed by atoms with Gasteiger partial charge in [-0.1, -0.05) is 0 Å². The third-order valence-corrected chi connectivity index (χ3v) is 4.01. The van der Waals surface area contributed by atoms with Gasteiger partial charge in [-0.25, -0.2) is 0 Å². The number of carbonyl (C=O) groups excluding carboxylic acids is 1. The van der Waals surface area contributed by atoms with Crippen LogP contribution in [0.25, 0.3) is 0 Å². The first kappa shape index (κ1) is 14.8. The zero-order valence-corrected chi connectivity index (χ0v) is 11.9. The van der Waals surface area contributed by atoms with Gasteiger partial charge in [-0.15, -0.1) is 0 Å². The molecule has 1 N–H and O–H groups in total. The summed E-state index contributed by atoms with van der Waals surface area (Å²) in [6.07, 6.45) is 4.33. The Kier molecular flexibility index (Phi) is 6.92. The van der Waals surface area contributed by atoms with Gasteiger partial charge in [0.1, 0.15) is 6.61 Å². The Hall–Kier alpha value is -0.260. The number of rotatable bonds is 6. The highest BCUT2D eigenvalue weighted by Crippen LogP contribution is 2.08. The number of nitrogens with zero attached hydrogens (tertiary/aromatic N) is 1. The average Bonchev–Trinajstić information content (AvgIpc) is 2.36. The van der Waals surface area contributed by atoms with Gasteiger partial charge in [0.2, 0.25) is 5.91 Å². The Balaban J connectivity index is 2.23. The molecule has 1 amide bonds. The maximum atomic E-state index is 11.9. The molecule has 0 aromatic heterocycles. The molecule has 0 aromatic rings. The summed E-state index contributed by atoms with van der Waals surface area (Å²) in [6, 6.07) is 0.272. The summed E-state index contributed by atoms with van der Waals surface area (Å²) in [7, 11) is 1.86. The zero-order chi connectivity index (χ0) is 12.7. The number of ether oxygens (including phenoxy) is 1. The lowest BCUT2D eigenvalue weighted by atomic mass is 10.1. The summed E-state index contributed by atoms with van der Waals surface area (Å²) >= 11 is 1.76. The van der Waals surface area contributed by atoms with Gasteiger partial charge in [0, 0.05) is 18.8 Å². The van der Waals surface area contributed by atoms with Crippen LogP contribution in [0.5, 0.6) is 0 Å². The van der Waals surface area contributed by atoms with Gasteiger partial charge < -0.3 is 15.0 Å². The van der Waals surface area contributed by atoms with Gasteiger partial charge in [-0.05, 0) is 39.1 Å². The van der Waals surface area contributed by atoms with Crippen LogP contribution in [-0.2, 0) is 9.53 Å². The molecule has 4 nitrogen and oxygen atoms in total. The normalized spacial score (nSPS) is 19.0. The van der Waals surface area contributed by atoms with E-state index in [0.29, 0.717) is 0 Å². The Morgan fingerprint density at radius 2 is 2.18 bits per heavy atom. The van der Waals surface area contributed by atoms with E-state index < -0.39 is 0 Å². The molecule has 1 atom stereocenters. The zero-order valence-electron chi connectivity index (χ0n) is 11.1. The summed E-state index contributed by atoms with van der Waals surface area (Å²) in [4.78, 5) is 13.7. The molecule has 1 fully saturated rings. The lowest BCUT2D eigenvalue weighted by Crippen LogP contribution is -2.40. The van der Waals surface area contributed by atoms with Crippen molar-refractivity contribution in [2.24, 2.45) is 0 Å². The molecule has 1 saturated heterocycles. The lowest BCUT2D eigenvalue weighted by molar-refractivity contribution is -0.138. The van der Waals surface area contributed by atoms with Crippen LogP contribution < -0.4 is 5.32 Å². The minimum Gasteiger partial charge on any atom is -0.368 e. The van der Waals surface area contributed by atoms with Crippen molar-refractivity contribution in [1.82, 2.24) is 10.2 Å². The first-order valence-corrected chi connectivity index (χ1v) is 7.61. The first-order chi connectivity index (χ1) is 8.15. The van der Waals surface area contributed by atoms with E-state index in [0.717, 1.165) is 31.7 Å². The smallest absolute Gasteiger partial charge is 0.248 e. The molecule has 1 unspecified atom stereocenters. The second kappa shape index (κ2) is 7.95. The van der Waals surface area contributed by atoms with Crippen molar-refractivity contribution >= 4 is 17.7 Å². The molecular formula is C12H24N2O2S. The highest BCUT2D eigenvalue weighted by molar-refractivity contribution is 7.98. The second-order valence-electron chi connectivity index (χ2n) is 4.57. The predicted molar refractivity (Wildman–Crippen MR) is 72.5 cm³/mol. The third-order valence-electron chi connectivity index (χ3n) is 3.19. The van der Waals surface area contributed by atoms with Crippen LogP contribution in [0.2, 0.25) is 0 Å². The number of likely N-dealkylation sites (N-methyl/N-ethyl adjacent to an activating group) is 1. The summed E-state index contributed by atoms with van der Waals surface area (Å²) in [5.74, 6) is 1.06. The second-order valence-corrected chi connectivity index (χ2v) is 5.48. The van der Waals surface area contributed by atoms with Crippen LogP contribution in [-0.4, -0.2) is 61.7 Å². The van der Waals surface area contributed by atoms with Crippen molar-refractivity contribution in [3.8, 4) is 0 Å². The highest BCUT2D eigenvalue weighted by atomic mass is 32.2. The molecule has 1 heterocycles. The van der Waals surface area contributed by atoms with Crippen LogP contribution >= 0.6 is 11.8 Å². The molecule has 0 spiro atoms. The number of hydrogen-bond acceptors (Lipinski definition) is 4. The van der Waals surface area contributed by atoms with Crippen LogP contribution in [0.4, 0.5) is 0 Å². The van der Waals surface area contributed by atoms with E-state index in [1.165, 1.54) is 0 Å². The van der Waals surface area contributed by atoms with Gasteiger partial charge in [0.15, 0.2) is 0 Å². The largest absolute Gasteiger partial charge is 0.368 e. The number of thioether (sulfide) groups is 1. The van der Waals surface area contributed by atoms with Gasteiger partial charge >= 0.3 is 0 Å². The van der Waals surface area contributed by atoms with E-state index in [1.54, 1.807) is 16.7 Å². The summed E-state index contributed by atoms with van der Waals surface area (Å²) < 4.78 is 5.66. The van der Waals surface area contributed by atoms with E-state index in [1.807, 2.05) is 7.05 Å². The van der Waals surface area contributed by atoms with E-state index in [-0.39, 0.29) is 24.7 Å². The van der Waals surface area contributed by atoms with E-state index in [9.17, 15) is 4.79 Å². The fourth-order valence-electron chi connectivity index (χ4n) is 1.85. The average molecular weight is 260 g/mol. The summed E-state index contributed by atoms with van der Waals surface area (Å²) in [6.45, 7) is 4.29. The minimum absolute atomic E-state index is 0.0880. The van der Waals surface area contributed by atoms with Crippen LogP contribution in [0.3, 0.4) is 0 Å². The van der Waals surface area contributed by atoms with Crippen molar-refractivity contribution in [3.63, 3.8) is 0 Å². The van der Waals surface area contributed by atoms with E-state index in [4.69, 9.17) is 4.74 Å². The number of nitrogens with one attached hydrogen (secondary N) is 1. The number of hydrogen-bond donors (Lipinski definition) is 1. The quantitative estimate of drug-likeness (QED) is 0.772. The molecule has 0 bridgehead atoms. The van der Waals surface area contributed by atoms with Crippen LogP contribution in [0.1, 0.15) is 19.8 Å². The third kappa shape index (κ3) is 5.27. The van der Waals surface area contributed by atoms with Gasteiger partial charge in [-0.2, -0.15) is 11.8 Å². The molecular weight excluding hydrogens is 236 g/mol. The standard InChI is InChI=1S/C12H24N2O2S/c1-10(9-17-3)14(2)12(15)8-16-11-4-6-13-7-5-11/h10-11,13H,4-9H2,1-3H3. The number of carbonyl (C=O) groups is 1. The van der Waals surface area contributed by atoms with E-state index in [2.05, 4.69) is 18.5 Å². The minimum atomic E-state index is 0.0880. The molecule has 0 radical (unpaired) electrons. The molecule has 5 heteroatoms. The first-order valence-electron chi connectivity index (χ1n) is 6.22. The summed E-state index contributed by atoms with van der Waals surface area (Å²) in [5, 5.41) is 3.28. The van der Waals surface area contributed by atoms with Crippen LogP contribution in [0.15, 0.2) is 0 Å². The fraction of sp³-hybridized carbons (Fsp3) is 0.917. The van der Waals surface area contributed by atoms with Crippen LogP contribution in [0, 0.1) is 0 Å². The lowest BCUT2D eigenvalue weighted by Gasteiger charge is -2.27. The van der Waals surface area contributed by atoms with Gasteiger partial charge in [0.25, 0.3) is 0 Å². The van der Waals surface area contributed by atoms with E-state index >= 15 is 0 Å². The van der Waals surface area contributed by atoms with Crippen molar-refractivity contribution in [1.29, 1.82) is 0 Å². The van der Waals surface area contributed by atoms with Crippen molar-refractivity contribution < 1.29 is 9.53 Å². The number of piperidine rings is 1. The Bertz CT molecular complexity index is 233. The maximum absolute atomic E-state index is 11.9. The molecule has 17 heavy (non-hydrogen) atoms. The fourth-order valence-corrected chi connectivity index (χ4v) is 2.56. The Labute approximate surface area is 108 Å². The van der Waals surface area contributed by atoms with Crippen molar-refractivity contribution in [2.45, 2.75) is 31.9 Å². The van der Waals surface area contributed by atoms with Gasteiger partial charge in [-0.3, -0.25) is 4.79 Å². The van der Waals surface area contributed by atoms with Gasteiger partial charge in [0.05, 0.1) is 6.10 Å². The molecule has 1 rings (SSSR count).